The maximum atomic E-state index is 11.6. The SMILES string of the molecule is O=c1ccnc2n1CCN2N1CCOCC1. The van der Waals surface area contributed by atoms with Gasteiger partial charge < -0.3 is 4.74 Å². The number of hydrazine groups is 1. The average molecular weight is 222 g/mol. The van der Waals surface area contributed by atoms with E-state index in [0.29, 0.717) is 0 Å². The van der Waals surface area contributed by atoms with E-state index in [2.05, 4.69) is 15.0 Å². The molecule has 6 heteroatoms. The first-order valence-corrected chi connectivity index (χ1v) is 5.52. The van der Waals surface area contributed by atoms with Gasteiger partial charge in [0.15, 0.2) is 0 Å². The summed E-state index contributed by atoms with van der Waals surface area (Å²) in [4.78, 5) is 15.9. The normalized spacial score (nSPS) is 21.1. The maximum absolute atomic E-state index is 11.6. The van der Waals surface area contributed by atoms with Crippen LogP contribution in [0.15, 0.2) is 17.1 Å². The Hall–Kier alpha value is -1.40. The first kappa shape index (κ1) is 9.80. The molecule has 1 fully saturated rings. The molecule has 3 rings (SSSR count). The molecule has 0 saturated carbocycles. The first-order chi connectivity index (χ1) is 7.86. The van der Waals surface area contributed by atoms with E-state index in [4.69, 9.17) is 4.74 Å². The molecule has 0 aromatic carbocycles. The third-order valence-electron chi connectivity index (χ3n) is 3.01. The van der Waals surface area contributed by atoms with Crippen LogP contribution in [0.5, 0.6) is 0 Å². The van der Waals surface area contributed by atoms with E-state index in [1.54, 1.807) is 10.8 Å². The fraction of sp³-hybridized carbons (Fsp3) is 0.600. The van der Waals surface area contributed by atoms with Gasteiger partial charge >= 0.3 is 0 Å². The second-order valence-corrected chi connectivity index (χ2v) is 3.92. The summed E-state index contributed by atoms with van der Waals surface area (Å²) in [6.07, 6.45) is 1.58. The van der Waals surface area contributed by atoms with Gasteiger partial charge in [-0.1, -0.05) is 0 Å². The van der Waals surface area contributed by atoms with Crippen molar-refractivity contribution in [1.82, 2.24) is 14.6 Å². The highest BCUT2D eigenvalue weighted by Gasteiger charge is 2.27. The number of hydrogen-bond donors (Lipinski definition) is 0. The van der Waals surface area contributed by atoms with Crippen LogP contribution in [0.3, 0.4) is 0 Å². The predicted octanol–water partition coefficient (Wildman–Crippen LogP) is -0.689. The second kappa shape index (κ2) is 3.88. The summed E-state index contributed by atoms with van der Waals surface area (Å²) in [6, 6.07) is 1.51. The molecule has 0 bridgehead atoms. The fourth-order valence-electron chi connectivity index (χ4n) is 2.20. The van der Waals surface area contributed by atoms with Gasteiger partial charge in [-0.05, 0) is 0 Å². The van der Waals surface area contributed by atoms with Gasteiger partial charge in [0.2, 0.25) is 5.95 Å². The van der Waals surface area contributed by atoms with Crippen LogP contribution in [0.4, 0.5) is 5.95 Å². The summed E-state index contributed by atoms with van der Waals surface area (Å²) in [6.45, 7) is 4.77. The highest BCUT2D eigenvalue weighted by Crippen LogP contribution is 2.18. The van der Waals surface area contributed by atoms with Crippen LogP contribution in [0.1, 0.15) is 0 Å². The molecular weight excluding hydrogens is 208 g/mol. The number of ether oxygens (including phenoxy) is 1. The molecule has 86 valence electrons. The van der Waals surface area contributed by atoms with E-state index < -0.39 is 0 Å². The number of hydrogen-bond acceptors (Lipinski definition) is 5. The zero-order valence-corrected chi connectivity index (χ0v) is 9.00. The summed E-state index contributed by atoms with van der Waals surface area (Å²) in [5, 5.41) is 4.29. The van der Waals surface area contributed by atoms with Gasteiger partial charge in [-0.3, -0.25) is 14.4 Å². The van der Waals surface area contributed by atoms with Crippen molar-refractivity contribution in [3.8, 4) is 0 Å². The van der Waals surface area contributed by atoms with Gasteiger partial charge in [-0.25, -0.2) is 9.99 Å². The lowest BCUT2D eigenvalue weighted by Gasteiger charge is -2.34. The first-order valence-electron chi connectivity index (χ1n) is 5.52. The van der Waals surface area contributed by atoms with Crippen LogP contribution in [-0.4, -0.2) is 47.4 Å². The molecule has 6 nitrogen and oxygen atoms in total. The van der Waals surface area contributed by atoms with Crippen molar-refractivity contribution in [2.45, 2.75) is 6.54 Å². The Bertz CT molecular complexity index is 439. The van der Waals surface area contributed by atoms with E-state index in [1.165, 1.54) is 6.07 Å². The van der Waals surface area contributed by atoms with Gasteiger partial charge in [0.25, 0.3) is 5.56 Å². The van der Waals surface area contributed by atoms with Gasteiger partial charge in [0.05, 0.1) is 19.8 Å². The van der Waals surface area contributed by atoms with Gasteiger partial charge in [-0.2, -0.15) is 0 Å². The van der Waals surface area contributed by atoms with Gasteiger partial charge in [0, 0.05) is 31.9 Å². The van der Waals surface area contributed by atoms with Crippen molar-refractivity contribution in [2.24, 2.45) is 0 Å². The Labute approximate surface area is 93.0 Å². The number of aromatic nitrogens is 2. The number of fused-ring (bicyclic) bond motifs is 1. The van der Waals surface area contributed by atoms with Crippen LogP contribution in [-0.2, 0) is 11.3 Å². The third kappa shape index (κ3) is 1.50. The average Bonchev–Trinajstić information content (AvgIpc) is 2.75. The Morgan fingerprint density at radius 3 is 2.81 bits per heavy atom. The molecule has 0 atom stereocenters. The van der Waals surface area contributed by atoms with Crippen molar-refractivity contribution in [3.63, 3.8) is 0 Å². The largest absolute Gasteiger partial charge is 0.379 e. The van der Waals surface area contributed by atoms with Crippen LogP contribution < -0.4 is 10.6 Å². The predicted molar refractivity (Wildman–Crippen MR) is 58.2 cm³/mol. The van der Waals surface area contributed by atoms with Crippen molar-refractivity contribution in [1.29, 1.82) is 0 Å². The molecule has 1 saturated heterocycles. The van der Waals surface area contributed by atoms with E-state index in [0.717, 1.165) is 45.3 Å². The zero-order valence-electron chi connectivity index (χ0n) is 9.00. The highest BCUT2D eigenvalue weighted by atomic mass is 16.5. The Balaban J connectivity index is 1.90. The molecule has 0 amide bonds. The van der Waals surface area contributed by atoms with Crippen LogP contribution in [0.2, 0.25) is 0 Å². The minimum atomic E-state index is 0.0285. The summed E-state index contributed by atoms with van der Waals surface area (Å²) in [5.41, 5.74) is 0.0285. The van der Waals surface area contributed by atoms with Crippen molar-refractivity contribution in [2.75, 3.05) is 37.9 Å². The smallest absolute Gasteiger partial charge is 0.254 e. The molecule has 3 heterocycles. The number of morpholine rings is 1. The van der Waals surface area contributed by atoms with Crippen LogP contribution in [0, 0.1) is 0 Å². The van der Waals surface area contributed by atoms with Crippen LogP contribution in [0.25, 0.3) is 0 Å². The highest BCUT2D eigenvalue weighted by molar-refractivity contribution is 5.32. The molecule has 0 unspecified atom stereocenters. The maximum Gasteiger partial charge on any atom is 0.254 e. The zero-order chi connectivity index (χ0) is 11.0. The lowest BCUT2D eigenvalue weighted by atomic mass is 10.5. The van der Waals surface area contributed by atoms with E-state index in [9.17, 15) is 4.79 Å². The van der Waals surface area contributed by atoms with Crippen molar-refractivity contribution >= 4 is 5.95 Å². The van der Waals surface area contributed by atoms with Gasteiger partial charge in [0.1, 0.15) is 0 Å². The molecular formula is C10H14N4O2. The third-order valence-corrected chi connectivity index (χ3v) is 3.01. The summed E-state index contributed by atoms with van der Waals surface area (Å²) < 4.78 is 7.03. The molecule has 16 heavy (non-hydrogen) atoms. The van der Waals surface area contributed by atoms with E-state index in [1.807, 2.05) is 0 Å². The molecule has 2 aliphatic rings. The number of nitrogens with zero attached hydrogens (tertiary/aromatic N) is 4. The molecule has 1 aromatic heterocycles. The summed E-state index contributed by atoms with van der Waals surface area (Å²) in [7, 11) is 0. The van der Waals surface area contributed by atoms with Gasteiger partial charge in [-0.15, -0.1) is 0 Å². The molecule has 2 aliphatic heterocycles. The molecule has 0 spiro atoms. The Morgan fingerprint density at radius 2 is 2.00 bits per heavy atom. The Morgan fingerprint density at radius 1 is 1.19 bits per heavy atom. The standard InChI is InChI=1S/C10H14N4O2/c15-9-1-2-11-10-13(9)3-4-14(10)12-5-7-16-8-6-12/h1-2H,3-8H2. The summed E-state index contributed by atoms with van der Waals surface area (Å²) >= 11 is 0. The number of rotatable bonds is 1. The Kier molecular flexibility index (Phi) is 2.37. The topological polar surface area (TPSA) is 50.6 Å². The fourth-order valence-corrected chi connectivity index (χ4v) is 2.20. The van der Waals surface area contributed by atoms with Crippen LogP contribution >= 0.6 is 0 Å². The lowest BCUT2D eigenvalue weighted by molar-refractivity contribution is 0.0324. The minimum Gasteiger partial charge on any atom is -0.379 e. The van der Waals surface area contributed by atoms with E-state index >= 15 is 0 Å². The molecule has 1 aromatic rings. The second-order valence-electron chi connectivity index (χ2n) is 3.92. The minimum absolute atomic E-state index is 0.0285. The number of anilines is 1. The monoisotopic (exact) mass is 222 g/mol. The molecule has 0 radical (unpaired) electrons. The van der Waals surface area contributed by atoms with Crippen molar-refractivity contribution in [3.05, 3.63) is 22.6 Å². The quantitative estimate of drug-likeness (QED) is 0.629. The summed E-state index contributed by atoms with van der Waals surface area (Å²) in [5.74, 6) is 0.759. The van der Waals surface area contributed by atoms with Crippen molar-refractivity contribution < 1.29 is 4.74 Å². The molecule has 0 aliphatic carbocycles. The van der Waals surface area contributed by atoms with E-state index in [-0.39, 0.29) is 5.56 Å². The molecule has 0 N–H and O–H groups in total. The lowest BCUT2D eigenvalue weighted by Crippen LogP contribution is -2.48.